The largest absolute Gasteiger partial charge is 0.493 e. The Kier molecular flexibility index (Phi) is 6.14. The highest BCUT2D eigenvalue weighted by Gasteiger charge is 2.16. The Balaban J connectivity index is 1.79. The van der Waals surface area contributed by atoms with E-state index in [1.807, 2.05) is 73.0 Å². The summed E-state index contributed by atoms with van der Waals surface area (Å²) in [6.07, 6.45) is 4.03. The Morgan fingerprint density at radius 1 is 1.19 bits per heavy atom. The summed E-state index contributed by atoms with van der Waals surface area (Å²) in [5.41, 5.74) is 2.95. The molecule has 0 saturated heterocycles. The minimum Gasteiger partial charge on any atom is -0.493 e. The van der Waals surface area contributed by atoms with Crippen LogP contribution in [-0.4, -0.2) is 28.4 Å². The van der Waals surface area contributed by atoms with Crippen LogP contribution in [0.1, 0.15) is 37.8 Å². The number of aromatic nitrogens is 2. The first-order chi connectivity index (χ1) is 13.2. The number of aliphatic hydroxyl groups is 1. The van der Waals surface area contributed by atoms with Crippen LogP contribution in [0.2, 0.25) is 0 Å². The topological polar surface area (TPSA) is 56.5 Å². The predicted molar refractivity (Wildman–Crippen MR) is 108 cm³/mol. The molecule has 5 nitrogen and oxygen atoms in total. The molecular formula is C22H26N2O3. The van der Waals surface area contributed by atoms with E-state index in [1.165, 1.54) is 0 Å². The van der Waals surface area contributed by atoms with Crippen molar-refractivity contribution in [2.75, 3.05) is 13.7 Å². The fourth-order valence-corrected chi connectivity index (χ4v) is 3.11. The van der Waals surface area contributed by atoms with Crippen LogP contribution in [0.3, 0.4) is 0 Å². The number of benzene rings is 2. The molecule has 0 saturated carbocycles. The van der Waals surface area contributed by atoms with Gasteiger partial charge in [0.1, 0.15) is 18.5 Å². The van der Waals surface area contributed by atoms with Gasteiger partial charge in [-0.2, -0.15) is 0 Å². The summed E-state index contributed by atoms with van der Waals surface area (Å²) in [7, 11) is 1.64. The highest BCUT2D eigenvalue weighted by atomic mass is 16.5. The molecular weight excluding hydrogens is 340 g/mol. The van der Waals surface area contributed by atoms with Gasteiger partial charge in [-0.15, -0.1) is 0 Å². The fraction of sp³-hybridized carbons (Fsp3) is 0.318. The van der Waals surface area contributed by atoms with Gasteiger partial charge in [-0.05, 0) is 43.2 Å². The average Bonchev–Trinajstić information content (AvgIpc) is 3.07. The first kappa shape index (κ1) is 19.0. The standard InChI is InChI=1S/C22H26N2O3/c1-4-8-16-11-12-20(21(15-16)26-3)27-14-13-24-18-10-7-6-9-17(18)23-22(24)19(25)5-2/h4,6-12,15,19,25H,5,13-14H2,1-3H3. The molecule has 2 aromatic carbocycles. The molecule has 3 aromatic rings. The minimum atomic E-state index is -0.591. The Hall–Kier alpha value is -2.79. The first-order valence-electron chi connectivity index (χ1n) is 9.24. The van der Waals surface area contributed by atoms with Crippen molar-refractivity contribution in [3.8, 4) is 11.5 Å². The zero-order chi connectivity index (χ0) is 19.2. The number of para-hydroxylation sites is 2. The summed E-state index contributed by atoms with van der Waals surface area (Å²) in [6, 6.07) is 13.8. The van der Waals surface area contributed by atoms with Crippen molar-refractivity contribution >= 4 is 17.1 Å². The zero-order valence-corrected chi connectivity index (χ0v) is 16.1. The number of allylic oxidation sites excluding steroid dienone is 1. The van der Waals surface area contributed by atoms with Crippen molar-refractivity contribution in [3.63, 3.8) is 0 Å². The Morgan fingerprint density at radius 2 is 2.00 bits per heavy atom. The van der Waals surface area contributed by atoms with E-state index in [1.54, 1.807) is 7.11 Å². The minimum absolute atomic E-state index is 0.448. The van der Waals surface area contributed by atoms with Crippen molar-refractivity contribution in [2.24, 2.45) is 0 Å². The van der Waals surface area contributed by atoms with E-state index in [2.05, 4.69) is 4.98 Å². The molecule has 0 aliphatic heterocycles. The summed E-state index contributed by atoms with van der Waals surface area (Å²) in [6.45, 7) is 4.96. The van der Waals surface area contributed by atoms with Crippen molar-refractivity contribution in [1.82, 2.24) is 9.55 Å². The van der Waals surface area contributed by atoms with Crippen molar-refractivity contribution in [1.29, 1.82) is 0 Å². The van der Waals surface area contributed by atoms with E-state index < -0.39 is 6.10 Å². The van der Waals surface area contributed by atoms with E-state index in [-0.39, 0.29) is 0 Å². The lowest BCUT2D eigenvalue weighted by molar-refractivity contribution is 0.157. The third-order valence-electron chi connectivity index (χ3n) is 4.49. The molecule has 1 unspecified atom stereocenters. The van der Waals surface area contributed by atoms with Crippen LogP contribution in [0.5, 0.6) is 11.5 Å². The van der Waals surface area contributed by atoms with Gasteiger partial charge in [-0.3, -0.25) is 0 Å². The maximum absolute atomic E-state index is 10.3. The number of nitrogens with zero attached hydrogens (tertiary/aromatic N) is 2. The highest BCUT2D eigenvalue weighted by molar-refractivity contribution is 5.76. The number of methoxy groups -OCH3 is 1. The van der Waals surface area contributed by atoms with Crippen molar-refractivity contribution < 1.29 is 14.6 Å². The van der Waals surface area contributed by atoms with Gasteiger partial charge in [0.2, 0.25) is 0 Å². The molecule has 1 atom stereocenters. The second-order valence-corrected chi connectivity index (χ2v) is 6.29. The summed E-state index contributed by atoms with van der Waals surface area (Å²) < 4.78 is 13.5. The summed E-state index contributed by atoms with van der Waals surface area (Å²) in [5.74, 6) is 2.08. The maximum atomic E-state index is 10.3. The Labute approximate surface area is 159 Å². The third kappa shape index (κ3) is 4.14. The molecule has 0 spiro atoms. The number of aliphatic hydroxyl groups excluding tert-OH is 1. The maximum Gasteiger partial charge on any atom is 0.161 e. The van der Waals surface area contributed by atoms with Gasteiger partial charge in [-0.25, -0.2) is 4.98 Å². The van der Waals surface area contributed by atoms with E-state index in [0.29, 0.717) is 36.9 Å². The highest BCUT2D eigenvalue weighted by Crippen LogP contribution is 2.29. The van der Waals surface area contributed by atoms with Crippen LogP contribution < -0.4 is 9.47 Å². The lowest BCUT2D eigenvalue weighted by Crippen LogP contribution is -2.14. The van der Waals surface area contributed by atoms with Gasteiger partial charge in [0.15, 0.2) is 11.5 Å². The molecule has 142 valence electrons. The summed E-state index contributed by atoms with van der Waals surface area (Å²) >= 11 is 0. The monoisotopic (exact) mass is 366 g/mol. The molecule has 1 aromatic heterocycles. The molecule has 0 amide bonds. The number of hydrogen-bond donors (Lipinski definition) is 1. The Bertz CT molecular complexity index is 930. The van der Waals surface area contributed by atoms with Crippen LogP contribution in [0, 0.1) is 0 Å². The van der Waals surface area contributed by atoms with E-state index in [0.717, 1.165) is 16.6 Å². The van der Waals surface area contributed by atoms with Gasteiger partial charge in [0.05, 0.1) is 24.7 Å². The van der Waals surface area contributed by atoms with E-state index in [4.69, 9.17) is 9.47 Å². The van der Waals surface area contributed by atoms with E-state index in [9.17, 15) is 5.11 Å². The predicted octanol–water partition coefficient (Wildman–Crippen LogP) is 4.60. The van der Waals surface area contributed by atoms with Gasteiger partial charge >= 0.3 is 0 Å². The molecule has 1 heterocycles. The number of hydrogen-bond acceptors (Lipinski definition) is 4. The first-order valence-corrected chi connectivity index (χ1v) is 9.24. The second-order valence-electron chi connectivity index (χ2n) is 6.29. The van der Waals surface area contributed by atoms with Crippen LogP contribution in [0.15, 0.2) is 48.5 Å². The zero-order valence-electron chi connectivity index (χ0n) is 16.1. The fourth-order valence-electron chi connectivity index (χ4n) is 3.11. The molecule has 27 heavy (non-hydrogen) atoms. The molecule has 1 N–H and O–H groups in total. The number of ether oxygens (including phenoxy) is 2. The molecule has 0 radical (unpaired) electrons. The van der Waals surface area contributed by atoms with Gasteiger partial charge in [0.25, 0.3) is 0 Å². The number of fused-ring (bicyclic) bond motifs is 1. The normalized spacial score (nSPS) is 12.6. The van der Waals surface area contributed by atoms with Crippen molar-refractivity contribution in [3.05, 3.63) is 59.9 Å². The Morgan fingerprint density at radius 3 is 2.74 bits per heavy atom. The summed E-state index contributed by atoms with van der Waals surface area (Å²) in [4.78, 5) is 4.60. The van der Waals surface area contributed by atoms with Gasteiger partial charge < -0.3 is 19.1 Å². The lowest BCUT2D eigenvalue weighted by Gasteiger charge is -2.15. The molecule has 0 bridgehead atoms. The van der Waals surface area contributed by atoms with Gasteiger partial charge in [-0.1, -0.05) is 37.3 Å². The quantitative estimate of drug-likeness (QED) is 0.633. The molecule has 0 aliphatic carbocycles. The van der Waals surface area contributed by atoms with Gasteiger partial charge in [0, 0.05) is 0 Å². The molecule has 0 aliphatic rings. The van der Waals surface area contributed by atoms with E-state index >= 15 is 0 Å². The molecule has 3 rings (SSSR count). The third-order valence-corrected chi connectivity index (χ3v) is 4.49. The average molecular weight is 366 g/mol. The number of rotatable bonds is 8. The van der Waals surface area contributed by atoms with Crippen LogP contribution in [-0.2, 0) is 6.54 Å². The summed E-state index contributed by atoms with van der Waals surface area (Å²) in [5, 5.41) is 10.3. The molecule has 5 heteroatoms. The second kappa shape index (κ2) is 8.73. The van der Waals surface area contributed by atoms with Crippen LogP contribution in [0.4, 0.5) is 0 Å². The van der Waals surface area contributed by atoms with Crippen molar-refractivity contribution in [2.45, 2.75) is 32.9 Å². The smallest absolute Gasteiger partial charge is 0.161 e. The van der Waals surface area contributed by atoms with Crippen LogP contribution in [0.25, 0.3) is 17.1 Å². The number of imidazole rings is 1. The lowest BCUT2D eigenvalue weighted by atomic mass is 10.2. The SMILES string of the molecule is CC=Cc1ccc(OCCn2c(C(O)CC)nc3ccccc32)c(OC)c1. The van der Waals surface area contributed by atoms with Crippen LogP contribution >= 0.6 is 0 Å². The molecule has 0 fully saturated rings.